The average molecular weight is 285 g/mol. The maximum atomic E-state index is 11.9. The van der Waals surface area contributed by atoms with E-state index in [-0.39, 0.29) is 6.03 Å². The van der Waals surface area contributed by atoms with Crippen molar-refractivity contribution in [2.24, 2.45) is 0 Å². The lowest BCUT2D eigenvalue weighted by Gasteiger charge is -2.04. The maximum Gasteiger partial charge on any atom is 0.326 e. The Balaban J connectivity index is 1.72. The minimum absolute atomic E-state index is 0.373. The molecule has 2 amide bonds. The molecule has 2 N–H and O–H groups in total. The summed E-state index contributed by atoms with van der Waals surface area (Å²) in [6, 6.07) is 8.71. The fourth-order valence-electron chi connectivity index (χ4n) is 1.68. The quantitative estimate of drug-likeness (QED) is 0.758. The molecule has 20 heavy (non-hydrogen) atoms. The standard InChI is InChI=1S/C13H11N5OS/c1-8-4-2-6-10(15-8)17-12(19)18-13-16-9-5-3-7-14-11(9)20-13/h2-7H,1H3,(H2,15,16,17,18,19). The predicted molar refractivity (Wildman–Crippen MR) is 79.0 cm³/mol. The zero-order chi connectivity index (χ0) is 13.9. The van der Waals surface area contributed by atoms with Crippen LogP contribution in [0.5, 0.6) is 0 Å². The van der Waals surface area contributed by atoms with Crippen molar-refractivity contribution in [1.82, 2.24) is 15.0 Å². The Hall–Kier alpha value is -2.54. The topological polar surface area (TPSA) is 79.8 Å². The van der Waals surface area contributed by atoms with Gasteiger partial charge >= 0.3 is 6.03 Å². The Kier molecular flexibility index (Phi) is 3.26. The van der Waals surface area contributed by atoms with Crippen LogP contribution in [0.4, 0.5) is 15.7 Å². The number of nitrogens with one attached hydrogen (secondary N) is 2. The summed E-state index contributed by atoms with van der Waals surface area (Å²) < 4.78 is 0. The van der Waals surface area contributed by atoms with Gasteiger partial charge in [-0.05, 0) is 31.2 Å². The number of rotatable bonds is 2. The van der Waals surface area contributed by atoms with Gasteiger partial charge in [0.15, 0.2) is 5.13 Å². The number of hydrogen-bond donors (Lipinski definition) is 2. The molecule has 0 radical (unpaired) electrons. The number of hydrogen-bond acceptors (Lipinski definition) is 5. The van der Waals surface area contributed by atoms with Crippen molar-refractivity contribution in [2.75, 3.05) is 10.6 Å². The molecular formula is C13H11N5OS. The fraction of sp³-hybridized carbons (Fsp3) is 0.0769. The molecule has 0 spiro atoms. The molecule has 6 nitrogen and oxygen atoms in total. The molecule has 0 aliphatic rings. The highest BCUT2D eigenvalue weighted by molar-refractivity contribution is 7.21. The number of carbonyl (C=O) groups is 1. The molecule has 0 aliphatic heterocycles. The summed E-state index contributed by atoms with van der Waals surface area (Å²) in [5, 5.41) is 5.84. The first-order valence-corrected chi connectivity index (χ1v) is 6.75. The number of pyridine rings is 2. The third-order valence-electron chi connectivity index (χ3n) is 2.52. The molecule has 3 aromatic rings. The Labute approximate surface area is 118 Å². The molecule has 3 rings (SSSR count). The molecule has 3 aromatic heterocycles. The van der Waals surface area contributed by atoms with Gasteiger partial charge in [-0.1, -0.05) is 17.4 Å². The molecule has 3 heterocycles. The van der Waals surface area contributed by atoms with Crippen molar-refractivity contribution in [1.29, 1.82) is 0 Å². The molecule has 100 valence electrons. The predicted octanol–water partition coefficient (Wildman–Crippen LogP) is 3.04. The Bertz CT molecular complexity index is 737. The van der Waals surface area contributed by atoms with Gasteiger partial charge in [0, 0.05) is 11.9 Å². The van der Waals surface area contributed by atoms with Crippen molar-refractivity contribution in [2.45, 2.75) is 6.92 Å². The van der Waals surface area contributed by atoms with Crippen molar-refractivity contribution >= 4 is 38.7 Å². The number of nitrogens with zero attached hydrogens (tertiary/aromatic N) is 3. The number of amides is 2. The third kappa shape index (κ3) is 2.72. The molecule has 0 aliphatic carbocycles. The van der Waals surface area contributed by atoms with Gasteiger partial charge in [0.2, 0.25) is 0 Å². The molecule has 0 aromatic carbocycles. The summed E-state index contributed by atoms with van der Waals surface area (Å²) in [4.78, 5) is 25.3. The van der Waals surface area contributed by atoms with Crippen LogP contribution in [0, 0.1) is 6.92 Å². The van der Waals surface area contributed by atoms with Gasteiger partial charge < -0.3 is 0 Å². The number of thiazole rings is 1. The van der Waals surface area contributed by atoms with E-state index in [0.717, 1.165) is 16.0 Å². The Morgan fingerprint density at radius 1 is 1.15 bits per heavy atom. The van der Waals surface area contributed by atoms with E-state index in [1.165, 1.54) is 11.3 Å². The van der Waals surface area contributed by atoms with E-state index in [9.17, 15) is 4.79 Å². The molecule has 0 fully saturated rings. The van der Waals surface area contributed by atoms with Gasteiger partial charge in [-0.25, -0.2) is 19.7 Å². The lowest BCUT2D eigenvalue weighted by atomic mass is 10.4. The molecule has 0 atom stereocenters. The zero-order valence-electron chi connectivity index (χ0n) is 10.6. The van der Waals surface area contributed by atoms with Crippen LogP contribution in [0.2, 0.25) is 0 Å². The van der Waals surface area contributed by atoms with Crippen molar-refractivity contribution in [3.63, 3.8) is 0 Å². The maximum absolute atomic E-state index is 11.9. The second-order valence-corrected chi connectivity index (χ2v) is 5.07. The monoisotopic (exact) mass is 285 g/mol. The highest BCUT2D eigenvalue weighted by atomic mass is 32.1. The molecule has 0 unspecified atom stereocenters. The van der Waals surface area contributed by atoms with Crippen LogP contribution in [-0.4, -0.2) is 21.0 Å². The lowest BCUT2D eigenvalue weighted by Crippen LogP contribution is -2.20. The van der Waals surface area contributed by atoms with E-state index in [0.29, 0.717) is 10.9 Å². The Morgan fingerprint density at radius 3 is 2.85 bits per heavy atom. The fourth-order valence-corrected chi connectivity index (χ4v) is 2.48. The van der Waals surface area contributed by atoms with E-state index in [1.807, 2.05) is 31.2 Å². The second kappa shape index (κ2) is 5.22. The summed E-state index contributed by atoms with van der Waals surface area (Å²) in [5.41, 5.74) is 1.61. The van der Waals surface area contributed by atoms with E-state index in [2.05, 4.69) is 25.6 Å². The minimum atomic E-state index is -0.373. The number of urea groups is 1. The normalized spacial score (nSPS) is 10.4. The van der Waals surface area contributed by atoms with Crippen LogP contribution < -0.4 is 10.6 Å². The van der Waals surface area contributed by atoms with E-state index in [1.54, 1.807) is 12.3 Å². The highest BCUT2D eigenvalue weighted by Gasteiger charge is 2.08. The number of carbonyl (C=O) groups excluding carboxylic acids is 1. The first-order chi connectivity index (χ1) is 9.70. The van der Waals surface area contributed by atoms with Gasteiger partial charge in [-0.2, -0.15) is 0 Å². The van der Waals surface area contributed by atoms with E-state index in [4.69, 9.17) is 0 Å². The summed E-state index contributed by atoms with van der Waals surface area (Å²) in [7, 11) is 0. The molecular weight excluding hydrogens is 274 g/mol. The number of aryl methyl sites for hydroxylation is 1. The van der Waals surface area contributed by atoms with Crippen LogP contribution in [0.15, 0.2) is 36.5 Å². The van der Waals surface area contributed by atoms with Gasteiger partial charge in [-0.15, -0.1) is 0 Å². The van der Waals surface area contributed by atoms with Gasteiger partial charge in [0.05, 0.1) is 0 Å². The van der Waals surface area contributed by atoms with Gasteiger partial charge in [-0.3, -0.25) is 10.6 Å². The van der Waals surface area contributed by atoms with Crippen LogP contribution >= 0.6 is 11.3 Å². The average Bonchev–Trinajstić information content (AvgIpc) is 2.80. The van der Waals surface area contributed by atoms with Crippen LogP contribution in [0.1, 0.15) is 5.69 Å². The van der Waals surface area contributed by atoms with Gasteiger partial charge in [0.1, 0.15) is 16.2 Å². The second-order valence-electron chi connectivity index (χ2n) is 4.09. The van der Waals surface area contributed by atoms with Crippen molar-refractivity contribution < 1.29 is 4.79 Å². The number of anilines is 2. The van der Waals surface area contributed by atoms with E-state index < -0.39 is 0 Å². The Morgan fingerprint density at radius 2 is 2.05 bits per heavy atom. The summed E-state index contributed by atoms with van der Waals surface area (Å²) >= 11 is 1.32. The van der Waals surface area contributed by atoms with Crippen LogP contribution in [0.25, 0.3) is 10.3 Å². The lowest BCUT2D eigenvalue weighted by molar-refractivity contribution is 0.262. The van der Waals surface area contributed by atoms with Crippen molar-refractivity contribution in [3.05, 3.63) is 42.2 Å². The van der Waals surface area contributed by atoms with Crippen LogP contribution in [0.3, 0.4) is 0 Å². The molecule has 0 saturated heterocycles. The summed E-state index contributed by atoms with van der Waals surface area (Å²) in [5.74, 6) is 0.502. The first kappa shape index (κ1) is 12.5. The highest BCUT2D eigenvalue weighted by Crippen LogP contribution is 2.23. The number of aromatic nitrogens is 3. The molecule has 0 bridgehead atoms. The van der Waals surface area contributed by atoms with Crippen LogP contribution in [-0.2, 0) is 0 Å². The third-order valence-corrected chi connectivity index (χ3v) is 3.41. The summed E-state index contributed by atoms with van der Waals surface area (Å²) in [6.45, 7) is 1.86. The number of fused-ring (bicyclic) bond motifs is 1. The molecule has 0 saturated carbocycles. The minimum Gasteiger partial charge on any atom is -0.292 e. The smallest absolute Gasteiger partial charge is 0.292 e. The molecule has 7 heteroatoms. The largest absolute Gasteiger partial charge is 0.326 e. The van der Waals surface area contributed by atoms with Crippen molar-refractivity contribution in [3.8, 4) is 0 Å². The first-order valence-electron chi connectivity index (χ1n) is 5.94. The van der Waals surface area contributed by atoms with Gasteiger partial charge in [0.25, 0.3) is 0 Å². The SMILES string of the molecule is Cc1cccc(NC(=O)Nc2nc3cccnc3s2)n1. The van der Waals surface area contributed by atoms with E-state index >= 15 is 0 Å². The summed E-state index contributed by atoms with van der Waals surface area (Å²) in [6.07, 6.45) is 1.70. The zero-order valence-corrected chi connectivity index (χ0v) is 11.4.